The van der Waals surface area contributed by atoms with Crippen molar-refractivity contribution in [3.05, 3.63) is 58.9 Å². The summed E-state index contributed by atoms with van der Waals surface area (Å²) in [5, 5.41) is 5.74. The van der Waals surface area contributed by atoms with Crippen LogP contribution < -0.4 is 16.4 Å². The maximum atomic E-state index is 13.2. The van der Waals surface area contributed by atoms with E-state index in [1.54, 1.807) is 24.3 Å². The number of halogens is 2. The molecule has 0 radical (unpaired) electrons. The van der Waals surface area contributed by atoms with Crippen LogP contribution in [0.1, 0.15) is 5.56 Å². The van der Waals surface area contributed by atoms with Crippen molar-refractivity contribution >= 4 is 46.2 Å². The predicted molar refractivity (Wildman–Crippen MR) is 86.4 cm³/mol. The van der Waals surface area contributed by atoms with Crippen LogP contribution >= 0.6 is 23.8 Å². The number of thiocarbonyl (C=S) groups is 1. The number of hydrogen-bond acceptors (Lipinski definition) is 2. The number of benzene rings is 2. The van der Waals surface area contributed by atoms with Crippen molar-refractivity contribution < 1.29 is 9.18 Å². The second-order valence-electron chi connectivity index (χ2n) is 4.14. The maximum absolute atomic E-state index is 13.2. The van der Waals surface area contributed by atoms with Crippen molar-refractivity contribution in [2.45, 2.75) is 0 Å². The van der Waals surface area contributed by atoms with Crippen molar-refractivity contribution in [1.29, 1.82) is 0 Å². The average molecular weight is 324 g/mol. The Balaban J connectivity index is 2.12. The lowest BCUT2D eigenvalue weighted by atomic mass is 10.1. The van der Waals surface area contributed by atoms with E-state index in [2.05, 4.69) is 10.6 Å². The van der Waals surface area contributed by atoms with Crippen molar-refractivity contribution in [3.63, 3.8) is 0 Å². The van der Waals surface area contributed by atoms with Crippen LogP contribution in [-0.4, -0.2) is 11.0 Å². The number of urea groups is 1. The topological polar surface area (TPSA) is 67.1 Å². The SMILES string of the molecule is NC(=S)c1cc(F)ccc1NC(=O)Nc1ccc(Cl)cc1. The average Bonchev–Trinajstić information content (AvgIpc) is 2.43. The Morgan fingerprint density at radius 3 is 2.43 bits per heavy atom. The van der Waals surface area contributed by atoms with E-state index in [4.69, 9.17) is 29.6 Å². The van der Waals surface area contributed by atoms with Gasteiger partial charge in [-0.2, -0.15) is 0 Å². The second-order valence-corrected chi connectivity index (χ2v) is 5.02. The van der Waals surface area contributed by atoms with E-state index in [0.717, 1.165) is 0 Å². The van der Waals surface area contributed by atoms with E-state index in [0.29, 0.717) is 16.4 Å². The van der Waals surface area contributed by atoms with Crippen LogP contribution in [0.2, 0.25) is 5.02 Å². The Morgan fingerprint density at radius 1 is 1.14 bits per heavy atom. The molecule has 2 aromatic rings. The van der Waals surface area contributed by atoms with Crippen molar-refractivity contribution in [2.24, 2.45) is 5.73 Å². The highest BCUT2D eigenvalue weighted by Gasteiger charge is 2.10. The summed E-state index contributed by atoms with van der Waals surface area (Å²) in [5.74, 6) is -0.485. The van der Waals surface area contributed by atoms with Crippen LogP contribution in [0.4, 0.5) is 20.6 Å². The standard InChI is InChI=1S/C14H11ClFN3OS/c15-8-1-4-10(5-2-8)18-14(20)19-12-6-3-9(16)7-11(12)13(17)21/h1-7H,(H2,17,21)(H2,18,19,20). The van der Waals surface area contributed by atoms with Gasteiger partial charge in [0.15, 0.2) is 0 Å². The van der Waals surface area contributed by atoms with E-state index < -0.39 is 11.8 Å². The molecule has 108 valence electrons. The van der Waals surface area contributed by atoms with Gasteiger partial charge in [-0.15, -0.1) is 0 Å². The van der Waals surface area contributed by atoms with Gasteiger partial charge < -0.3 is 16.4 Å². The van der Waals surface area contributed by atoms with Gasteiger partial charge >= 0.3 is 6.03 Å². The lowest BCUT2D eigenvalue weighted by Gasteiger charge is -2.11. The molecular weight excluding hydrogens is 313 g/mol. The Hall–Kier alpha value is -2.18. The number of carbonyl (C=O) groups excluding carboxylic acids is 1. The van der Waals surface area contributed by atoms with Gasteiger partial charge in [-0.3, -0.25) is 0 Å². The first-order valence-corrected chi connectivity index (χ1v) is 6.67. The summed E-state index contributed by atoms with van der Waals surface area (Å²) < 4.78 is 13.2. The first-order valence-electron chi connectivity index (χ1n) is 5.88. The van der Waals surface area contributed by atoms with E-state index in [1.807, 2.05) is 0 Å². The quantitative estimate of drug-likeness (QED) is 0.753. The highest BCUT2D eigenvalue weighted by molar-refractivity contribution is 7.80. The zero-order valence-electron chi connectivity index (χ0n) is 10.7. The summed E-state index contributed by atoms with van der Waals surface area (Å²) >= 11 is 10.6. The molecule has 0 saturated heterocycles. The van der Waals surface area contributed by atoms with E-state index in [9.17, 15) is 9.18 Å². The molecule has 4 nitrogen and oxygen atoms in total. The van der Waals surface area contributed by atoms with Gasteiger partial charge in [0.1, 0.15) is 10.8 Å². The summed E-state index contributed by atoms with van der Waals surface area (Å²) in [5.41, 5.74) is 6.66. The highest BCUT2D eigenvalue weighted by atomic mass is 35.5. The molecule has 0 bridgehead atoms. The molecule has 7 heteroatoms. The summed E-state index contributed by atoms with van der Waals surface area (Å²) in [6, 6.07) is 9.87. The zero-order valence-corrected chi connectivity index (χ0v) is 12.3. The lowest BCUT2D eigenvalue weighted by Crippen LogP contribution is -2.22. The molecule has 0 aliphatic heterocycles. The predicted octanol–water partition coefficient (Wildman–Crippen LogP) is 3.76. The van der Waals surface area contributed by atoms with Gasteiger partial charge in [-0.25, -0.2) is 9.18 Å². The molecular formula is C14H11ClFN3OS. The van der Waals surface area contributed by atoms with Crippen molar-refractivity contribution in [3.8, 4) is 0 Å². The van der Waals surface area contributed by atoms with Crippen LogP contribution in [0.15, 0.2) is 42.5 Å². The largest absolute Gasteiger partial charge is 0.389 e. The minimum Gasteiger partial charge on any atom is -0.389 e. The highest BCUT2D eigenvalue weighted by Crippen LogP contribution is 2.18. The maximum Gasteiger partial charge on any atom is 0.323 e. The third-order valence-electron chi connectivity index (χ3n) is 2.60. The molecule has 0 spiro atoms. The van der Waals surface area contributed by atoms with Gasteiger partial charge in [-0.1, -0.05) is 23.8 Å². The fourth-order valence-electron chi connectivity index (χ4n) is 1.65. The van der Waals surface area contributed by atoms with Gasteiger partial charge in [0, 0.05) is 16.3 Å². The normalized spacial score (nSPS) is 10.0. The summed E-state index contributed by atoms with van der Waals surface area (Å²) in [7, 11) is 0. The fourth-order valence-corrected chi connectivity index (χ4v) is 1.94. The molecule has 2 rings (SSSR count). The number of amides is 2. The van der Waals surface area contributed by atoms with Crippen molar-refractivity contribution in [2.75, 3.05) is 10.6 Å². The molecule has 0 unspecified atom stereocenters. The molecule has 0 aliphatic carbocycles. The van der Waals surface area contributed by atoms with E-state index in [-0.39, 0.29) is 10.6 Å². The van der Waals surface area contributed by atoms with E-state index in [1.165, 1.54) is 18.2 Å². The van der Waals surface area contributed by atoms with Gasteiger partial charge in [0.05, 0.1) is 5.69 Å². The van der Waals surface area contributed by atoms with Gasteiger partial charge in [-0.05, 0) is 42.5 Å². The first kappa shape index (κ1) is 15.2. The van der Waals surface area contributed by atoms with Crippen LogP contribution in [0, 0.1) is 5.82 Å². The van der Waals surface area contributed by atoms with Crippen LogP contribution in [0.5, 0.6) is 0 Å². The van der Waals surface area contributed by atoms with Crippen LogP contribution in [-0.2, 0) is 0 Å². The smallest absolute Gasteiger partial charge is 0.323 e. The minimum absolute atomic E-state index is 0.00343. The molecule has 4 N–H and O–H groups in total. The number of carbonyl (C=O) groups is 1. The minimum atomic E-state index is -0.499. The second kappa shape index (κ2) is 6.51. The third kappa shape index (κ3) is 4.14. The Morgan fingerprint density at radius 2 is 1.81 bits per heavy atom. The summed E-state index contributed by atoms with van der Waals surface area (Å²) in [4.78, 5) is 11.9. The van der Waals surface area contributed by atoms with Crippen LogP contribution in [0.25, 0.3) is 0 Å². The number of rotatable bonds is 3. The summed E-state index contributed by atoms with van der Waals surface area (Å²) in [6.07, 6.45) is 0. The molecule has 2 amide bonds. The lowest BCUT2D eigenvalue weighted by molar-refractivity contribution is 0.262. The molecule has 2 aromatic carbocycles. The fraction of sp³-hybridized carbons (Fsp3) is 0. The zero-order chi connectivity index (χ0) is 15.4. The molecule has 0 aliphatic rings. The Bertz CT molecular complexity index is 691. The Kier molecular flexibility index (Phi) is 4.72. The Labute approximate surface area is 131 Å². The first-order chi connectivity index (χ1) is 9.95. The molecule has 0 saturated carbocycles. The van der Waals surface area contributed by atoms with E-state index >= 15 is 0 Å². The molecule has 21 heavy (non-hydrogen) atoms. The van der Waals surface area contributed by atoms with Crippen LogP contribution in [0.3, 0.4) is 0 Å². The summed E-state index contributed by atoms with van der Waals surface area (Å²) in [6.45, 7) is 0. The van der Waals surface area contributed by atoms with Crippen molar-refractivity contribution in [1.82, 2.24) is 0 Å². The molecule has 0 fully saturated rings. The number of nitrogens with one attached hydrogen (secondary N) is 2. The molecule has 0 atom stereocenters. The third-order valence-corrected chi connectivity index (χ3v) is 3.07. The van der Waals surface area contributed by atoms with Gasteiger partial charge in [0.25, 0.3) is 0 Å². The number of anilines is 2. The molecule has 0 aromatic heterocycles. The number of nitrogens with two attached hydrogens (primary N) is 1. The molecule has 0 heterocycles. The number of hydrogen-bond donors (Lipinski definition) is 3. The monoisotopic (exact) mass is 323 g/mol. The van der Waals surface area contributed by atoms with Gasteiger partial charge in [0.2, 0.25) is 0 Å².